The highest BCUT2D eigenvalue weighted by atomic mass is 19.1. The Kier molecular flexibility index (Phi) is 5.68. The van der Waals surface area contributed by atoms with E-state index in [1.165, 1.54) is 26.4 Å². The lowest BCUT2D eigenvalue weighted by atomic mass is 9.94. The van der Waals surface area contributed by atoms with Crippen LogP contribution in [0.25, 0.3) is 0 Å². The fourth-order valence-electron chi connectivity index (χ4n) is 4.64. The van der Waals surface area contributed by atoms with Crippen molar-refractivity contribution in [2.75, 3.05) is 21.3 Å². The van der Waals surface area contributed by atoms with E-state index in [-0.39, 0.29) is 28.9 Å². The van der Waals surface area contributed by atoms with Crippen molar-refractivity contribution in [3.8, 4) is 23.0 Å². The summed E-state index contributed by atoms with van der Waals surface area (Å²) in [5.74, 6) is -0.106. The summed E-state index contributed by atoms with van der Waals surface area (Å²) in [5.41, 5.74) is 2.63. The molecule has 0 aromatic heterocycles. The average molecular weight is 478 g/mol. The van der Waals surface area contributed by atoms with Gasteiger partial charge in [0, 0.05) is 17.5 Å². The molecule has 1 N–H and O–H groups in total. The molecule has 2 aliphatic heterocycles. The quantitative estimate of drug-likeness (QED) is 0.545. The second-order valence-electron chi connectivity index (χ2n) is 8.07. The zero-order chi connectivity index (χ0) is 24.7. The minimum Gasteiger partial charge on any atom is -0.493 e. The molecule has 0 aliphatic carbocycles. The number of carboxylic acids is 1. The van der Waals surface area contributed by atoms with Gasteiger partial charge in [-0.15, -0.1) is 0 Å². The van der Waals surface area contributed by atoms with Gasteiger partial charge in [0.25, 0.3) is 0 Å². The van der Waals surface area contributed by atoms with Crippen LogP contribution in [0.4, 0.5) is 4.39 Å². The number of nitrogens with zero attached hydrogens (tertiary/aromatic N) is 2. The summed E-state index contributed by atoms with van der Waals surface area (Å²) < 4.78 is 36.2. The molecule has 5 rings (SSSR count). The van der Waals surface area contributed by atoms with Gasteiger partial charge in [0.2, 0.25) is 6.23 Å². The first-order valence-electron chi connectivity index (χ1n) is 10.9. The molecule has 180 valence electrons. The molecular weight excluding hydrogens is 455 g/mol. The van der Waals surface area contributed by atoms with Gasteiger partial charge in [-0.25, -0.2) is 14.2 Å². The predicted molar refractivity (Wildman–Crippen MR) is 125 cm³/mol. The number of hydrogen-bond acceptors (Lipinski definition) is 7. The van der Waals surface area contributed by atoms with Crippen molar-refractivity contribution < 1.29 is 33.2 Å². The van der Waals surface area contributed by atoms with Crippen LogP contribution in [0, 0.1) is 5.82 Å². The first kappa shape index (κ1) is 22.5. The first-order chi connectivity index (χ1) is 17.0. The summed E-state index contributed by atoms with van der Waals surface area (Å²) in [6.45, 7) is 0. The molecule has 2 heterocycles. The Morgan fingerprint density at radius 3 is 2.40 bits per heavy atom. The first-order valence-corrected chi connectivity index (χ1v) is 10.9. The number of methoxy groups -OCH3 is 3. The van der Waals surface area contributed by atoms with Crippen molar-refractivity contribution in [2.24, 2.45) is 5.10 Å². The molecular formula is C26H23FN2O6. The largest absolute Gasteiger partial charge is 0.493 e. The van der Waals surface area contributed by atoms with Crippen LogP contribution in [0.5, 0.6) is 23.0 Å². The molecule has 2 aliphatic rings. The van der Waals surface area contributed by atoms with Crippen LogP contribution in [0.2, 0.25) is 0 Å². The van der Waals surface area contributed by atoms with E-state index in [1.54, 1.807) is 42.5 Å². The summed E-state index contributed by atoms with van der Waals surface area (Å²) >= 11 is 0. The zero-order valence-corrected chi connectivity index (χ0v) is 19.3. The highest BCUT2D eigenvalue weighted by Gasteiger charge is 2.44. The van der Waals surface area contributed by atoms with Gasteiger partial charge in [-0.05, 0) is 35.9 Å². The average Bonchev–Trinajstić information content (AvgIpc) is 3.33. The topological polar surface area (TPSA) is 89.8 Å². The van der Waals surface area contributed by atoms with Crippen LogP contribution in [0.3, 0.4) is 0 Å². The van der Waals surface area contributed by atoms with E-state index in [9.17, 15) is 14.3 Å². The predicted octanol–water partition coefficient (Wildman–Crippen LogP) is 4.79. The van der Waals surface area contributed by atoms with Gasteiger partial charge in [-0.1, -0.05) is 24.3 Å². The number of benzene rings is 3. The molecule has 8 nitrogen and oxygen atoms in total. The molecule has 2 atom stereocenters. The number of halogens is 1. The van der Waals surface area contributed by atoms with Gasteiger partial charge < -0.3 is 24.1 Å². The molecule has 0 fully saturated rings. The van der Waals surface area contributed by atoms with Crippen LogP contribution in [-0.4, -0.2) is 43.1 Å². The third-order valence-electron chi connectivity index (χ3n) is 6.24. The van der Waals surface area contributed by atoms with Gasteiger partial charge in [0.05, 0.1) is 33.1 Å². The lowest BCUT2D eigenvalue weighted by Gasteiger charge is -2.39. The lowest BCUT2D eigenvalue weighted by molar-refractivity contribution is -0.0217. The van der Waals surface area contributed by atoms with Gasteiger partial charge in [0.15, 0.2) is 23.0 Å². The Morgan fingerprint density at radius 2 is 1.74 bits per heavy atom. The SMILES string of the molecule is COc1cccc2c1O[C@@H](c1ccc(OC)c(OC)c1C(=O)O)N1N=C(c3ccc(F)cc3)C[C@@H]21. The molecule has 0 bridgehead atoms. The third kappa shape index (κ3) is 3.69. The second kappa shape index (κ2) is 8.83. The van der Waals surface area contributed by atoms with E-state index >= 15 is 0 Å². The van der Waals surface area contributed by atoms with Crippen molar-refractivity contribution in [3.05, 3.63) is 82.7 Å². The maximum absolute atomic E-state index is 13.5. The standard InChI is InChI=1S/C26H23FN2O6/c1-32-20-6-4-5-16-19-13-18(14-7-9-15(27)10-8-14)28-29(19)25(35-23(16)20)17-11-12-21(33-2)24(34-3)22(17)26(30)31/h4-12,19,25H,13H2,1-3H3,(H,30,31)/t19-,25-/m0/s1. The van der Waals surface area contributed by atoms with Crippen molar-refractivity contribution in [1.82, 2.24) is 5.01 Å². The lowest BCUT2D eigenvalue weighted by Crippen LogP contribution is -2.35. The van der Waals surface area contributed by atoms with Gasteiger partial charge in [-0.2, -0.15) is 5.10 Å². The normalized spacial score (nSPS) is 18.2. The highest BCUT2D eigenvalue weighted by Crippen LogP contribution is 2.52. The van der Waals surface area contributed by atoms with Crippen molar-refractivity contribution in [2.45, 2.75) is 18.7 Å². The number of hydrazone groups is 1. The van der Waals surface area contributed by atoms with Crippen LogP contribution < -0.4 is 18.9 Å². The fraction of sp³-hybridized carbons (Fsp3) is 0.231. The molecule has 0 unspecified atom stereocenters. The number of carboxylic acid groups (broad SMARTS) is 1. The van der Waals surface area contributed by atoms with Crippen LogP contribution in [0.1, 0.15) is 45.7 Å². The molecule has 0 saturated heterocycles. The fourth-order valence-corrected chi connectivity index (χ4v) is 4.64. The smallest absolute Gasteiger partial charge is 0.340 e. The Morgan fingerprint density at radius 1 is 1.00 bits per heavy atom. The second-order valence-corrected chi connectivity index (χ2v) is 8.07. The van der Waals surface area contributed by atoms with Gasteiger partial charge >= 0.3 is 5.97 Å². The van der Waals surface area contributed by atoms with Gasteiger partial charge in [-0.3, -0.25) is 0 Å². The zero-order valence-electron chi connectivity index (χ0n) is 19.3. The number of fused-ring (bicyclic) bond motifs is 3. The van der Waals surface area contributed by atoms with Crippen molar-refractivity contribution in [3.63, 3.8) is 0 Å². The van der Waals surface area contributed by atoms with Crippen LogP contribution in [0.15, 0.2) is 59.7 Å². The molecule has 0 spiro atoms. The molecule has 0 saturated carbocycles. The minimum absolute atomic E-state index is 0.0839. The summed E-state index contributed by atoms with van der Waals surface area (Å²) in [7, 11) is 4.38. The minimum atomic E-state index is -1.19. The number of aromatic carboxylic acids is 1. The highest BCUT2D eigenvalue weighted by molar-refractivity contribution is 6.02. The van der Waals surface area contributed by atoms with E-state index in [2.05, 4.69) is 0 Å². The molecule has 0 radical (unpaired) electrons. The van der Waals surface area contributed by atoms with Crippen LogP contribution in [-0.2, 0) is 0 Å². The van der Waals surface area contributed by atoms with E-state index in [4.69, 9.17) is 24.0 Å². The molecule has 35 heavy (non-hydrogen) atoms. The molecule has 0 amide bonds. The summed E-state index contributed by atoms with van der Waals surface area (Å²) in [6, 6.07) is 14.7. The maximum Gasteiger partial charge on any atom is 0.340 e. The van der Waals surface area contributed by atoms with E-state index < -0.39 is 12.2 Å². The van der Waals surface area contributed by atoms with E-state index in [0.29, 0.717) is 23.5 Å². The maximum atomic E-state index is 13.5. The summed E-state index contributed by atoms with van der Waals surface area (Å²) in [6.07, 6.45) is -0.380. The Labute approximate surface area is 201 Å². The molecule has 3 aromatic rings. The van der Waals surface area contributed by atoms with Gasteiger partial charge in [0.1, 0.15) is 11.4 Å². The molecule has 3 aromatic carbocycles. The van der Waals surface area contributed by atoms with Crippen molar-refractivity contribution >= 4 is 11.7 Å². The number of para-hydroxylation sites is 1. The van der Waals surface area contributed by atoms with Crippen LogP contribution >= 0.6 is 0 Å². The Balaban J connectivity index is 1.70. The summed E-state index contributed by atoms with van der Waals surface area (Å²) in [4.78, 5) is 12.4. The Bertz CT molecular complexity index is 1320. The number of rotatable bonds is 6. The number of ether oxygens (including phenoxy) is 4. The monoisotopic (exact) mass is 478 g/mol. The summed E-state index contributed by atoms with van der Waals surface area (Å²) in [5, 5.41) is 16.7. The van der Waals surface area contributed by atoms with E-state index in [0.717, 1.165) is 16.8 Å². The third-order valence-corrected chi connectivity index (χ3v) is 6.24. The molecule has 9 heteroatoms. The Hall–Kier alpha value is -4.27. The van der Waals surface area contributed by atoms with Crippen molar-refractivity contribution in [1.29, 1.82) is 0 Å². The number of hydrogen-bond donors (Lipinski definition) is 1. The van der Waals surface area contributed by atoms with E-state index in [1.807, 2.05) is 12.1 Å². The number of carbonyl (C=O) groups is 1.